The highest BCUT2D eigenvalue weighted by atomic mass is 32.1. The van der Waals surface area contributed by atoms with E-state index >= 15 is 0 Å². The van der Waals surface area contributed by atoms with Crippen molar-refractivity contribution in [3.8, 4) is 6.07 Å². The van der Waals surface area contributed by atoms with Crippen molar-refractivity contribution in [1.82, 2.24) is 0 Å². The molecule has 0 atom stereocenters. The second-order valence-electron chi connectivity index (χ2n) is 8.07. The van der Waals surface area contributed by atoms with E-state index in [1.807, 2.05) is 18.2 Å². The molecule has 3 rings (SSSR count). The minimum absolute atomic E-state index is 0.116. The smallest absolute Gasteiger partial charge is 0.249 e. The molecule has 1 aromatic carbocycles. The van der Waals surface area contributed by atoms with Gasteiger partial charge in [0.15, 0.2) is 0 Å². The molecule has 4 heteroatoms. The normalized spacial score (nSPS) is 14.4. The molecule has 1 amide bonds. The zero-order valence-electron chi connectivity index (χ0n) is 16.3. The molecule has 0 saturated heterocycles. The number of nitrogens with one attached hydrogen (secondary N) is 1. The molecule has 0 saturated carbocycles. The van der Waals surface area contributed by atoms with E-state index in [1.54, 1.807) is 11.3 Å². The van der Waals surface area contributed by atoms with Crippen LogP contribution in [0.1, 0.15) is 67.2 Å². The Morgan fingerprint density at radius 1 is 1.15 bits per heavy atom. The SMILES string of the molecule is CC(C)(C)c1ccc(C=CC(=O)Nc2sc3c(c2C#N)CCCCC3)cc1. The lowest BCUT2D eigenvalue weighted by atomic mass is 9.87. The van der Waals surface area contributed by atoms with Crippen molar-refractivity contribution in [3.63, 3.8) is 0 Å². The van der Waals surface area contributed by atoms with Crippen LogP contribution in [0.25, 0.3) is 6.08 Å². The standard InChI is InChI=1S/C23H26N2OS/c1-23(2,3)17-12-9-16(10-13-17)11-14-21(26)25-22-19(15-24)18-7-5-4-6-8-20(18)27-22/h9-14H,4-8H2,1-3H3,(H,25,26). The average Bonchev–Trinajstić information content (AvgIpc) is 2.79. The number of amides is 1. The number of nitriles is 1. The number of anilines is 1. The zero-order chi connectivity index (χ0) is 19.4. The molecular weight excluding hydrogens is 352 g/mol. The summed E-state index contributed by atoms with van der Waals surface area (Å²) in [6.07, 6.45) is 8.81. The predicted octanol–water partition coefficient (Wildman–Crippen LogP) is 5.84. The molecule has 1 aromatic heterocycles. The molecule has 1 heterocycles. The van der Waals surface area contributed by atoms with Gasteiger partial charge in [-0.25, -0.2) is 0 Å². The molecule has 0 radical (unpaired) electrons. The van der Waals surface area contributed by atoms with Gasteiger partial charge >= 0.3 is 0 Å². The molecule has 0 bridgehead atoms. The van der Waals surface area contributed by atoms with Crippen LogP contribution in [0.3, 0.4) is 0 Å². The van der Waals surface area contributed by atoms with Crippen LogP contribution < -0.4 is 5.32 Å². The third kappa shape index (κ3) is 4.67. The summed E-state index contributed by atoms with van der Waals surface area (Å²) in [5, 5.41) is 13.2. The first-order chi connectivity index (χ1) is 12.9. The van der Waals surface area contributed by atoms with Crippen molar-refractivity contribution in [3.05, 3.63) is 57.5 Å². The number of hydrogen-bond acceptors (Lipinski definition) is 3. The highest BCUT2D eigenvalue weighted by Gasteiger charge is 2.20. The third-order valence-electron chi connectivity index (χ3n) is 4.97. The van der Waals surface area contributed by atoms with E-state index in [0.717, 1.165) is 36.8 Å². The van der Waals surface area contributed by atoms with E-state index in [1.165, 1.54) is 22.9 Å². The number of aryl methyl sites for hydroxylation is 1. The number of carbonyl (C=O) groups is 1. The maximum absolute atomic E-state index is 12.4. The minimum atomic E-state index is -0.192. The van der Waals surface area contributed by atoms with E-state index in [0.29, 0.717) is 10.6 Å². The number of fused-ring (bicyclic) bond motifs is 1. The summed E-state index contributed by atoms with van der Waals surface area (Å²) in [6.45, 7) is 6.54. The van der Waals surface area contributed by atoms with Crippen LogP contribution in [-0.2, 0) is 23.1 Å². The van der Waals surface area contributed by atoms with Crippen LogP contribution >= 0.6 is 11.3 Å². The number of thiophene rings is 1. The van der Waals surface area contributed by atoms with Gasteiger partial charge < -0.3 is 5.32 Å². The van der Waals surface area contributed by atoms with Crippen molar-refractivity contribution in [1.29, 1.82) is 5.26 Å². The Morgan fingerprint density at radius 3 is 2.52 bits per heavy atom. The number of hydrogen-bond donors (Lipinski definition) is 1. The molecule has 0 unspecified atom stereocenters. The van der Waals surface area contributed by atoms with E-state index in [-0.39, 0.29) is 11.3 Å². The lowest BCUT2D eigenvalue weighted by Crippen LogP contribution is -2.10. The summed E-state index contributed by atoms with van der Waals surface area (Å²) in [7, 11) is 0. The molecule has 0 aliphatic heterocycles. The first kappa shape index (κ1) is 19.4. The fourth-order valence-corrected chi connectivity index (χ4v) is 4.61. The van der Waals surface area contributed by atoms with Crippen molar-refractivity contribution in [2.24, 2.45) is 0 Å². The molecule has 2 aromatic rings. The fourth-order valence-electron chi connectivity index (χ4n) is 3.37. The van der Waals surface area contributed by atoms with Crippen LogP contribution in [0.2, 0.25) is 0 Å². The summed E-state index contributed by atoms with van der Waals surface area (Å²) in [5.74, 6) is -0.192. The van der Waals surface area contributed by atoms with Crippen molar-refractivity contribution in [2.75, 3.05) is 5.32 Å². The first-order valence-electron chi connectivity index (χ1n) is 9.53. The number of carbonyl (C=O) groups excluding carboxylic acids is 1. The van der Waals surface area contributed by atoms with Crippen LogP contribution in [0, 0.1) is 11.3 Å². The first-order valence-corrected chi connectivity index (χ1v) is 10.3. The van der Waals surface area contributed by atoms with Crippen LogP contribution in [0.15, 0.2) is 30.3 Å². The Hall–Kier alpha value is -2.38. The van der Waals surface area contributed by atoms with Gasteiger partial charge in [-0.1, -0.05) is 51.5 Å². The fraction of sp³-hybridized carbons (Fsp3) is 0.391. The monoisotopic (exact) mass is 378 g/mol. The van der Waals surface area contributed by atoms with E-state index in [4.69, 9.17) is 0 Å². The molecular formula is C23H26N2OS. The van der Waals surface area contributed by atoms with E-state index < -0.39 is 0 Å². The molecule has 1 aliphatic rings. The van der Waals surface area contributed by atoms with Crippen molar-refractivity contribution < 1.29 is 4.79 Å². The van der Waals surface area contributed by atoms with Gasteiger partial charge in [-0.15, -0.1) is 11.3 Å². The number of benzene rings is 1. The Morgan fingerprint density at radius 2 is 1.85 bits per heavy atom. The maximum atomic E-state index is 12.4. The Labute approximate surface area is 165 Å². The van der Waals surface area contributed by atoms with Gasteiger partial charge in [-0.2, -0.15) is 5.26 Å². The summed E-state index contributed by atoms with van der Waals surface area (Å²) >= 11 is 1.57. The molecule has 27 heavy (non-hydrogen) atoms. The van der Waals surface area contributed by atoms with Gasteiger partial charge in [0.25, 0.3) is 0 Å². The highest BCUT2D eigenvalue weighted by molar-refractivity contribution is 7.16. The van der Waals surface area contributed by atoms with Gasteiger partial charge in [-0.3, -0.25) is 4.79 Å². The highest BCUT2D eigenvalue weighted by Crippen LogP contribution is 2.37. The van der Waals surface area contributed by atoms with Gasteiger partial charge in [0.05, 0.1) is 5.56 Å². The number of rotatable bonds is 3. The molecule has 140 valence electrons. The van der Waals surface area contributed by atoms with Gasteiger partial charge in [0.1, 0.15) is 11.1 Å². The molecule has 0 fully saturated rings. The van der Waals surface area contributed by atoms with E-state index in [2.05, 4.69) is 44.3 Å². The quantitative estimate of drug-likeness (QED) is 0.539. The number of nitrogens with zero attached hydrogens (tertiary/aromatic N) is 1. The Balaban J connectivity index is 1.71. The third-order valence-corrected chi connectivity index (χ3v) is 6.18. The van der Waals surface area contributed by atoms with Crippen LogP contribution in [0.4, 0.5) is 5.00 Å². The largest absolute Gasteiger partial charge is 0.313 e. The summed E-state index contributed by atoms with van der Waals surface area (Å²) in [4.78, 5) is 13.6. The predicted molar refractivity (Wildman–Crippen MR) is 113 cm³/mol. The van der Waals surface area contributed by atoms with Gasteiger partial charge in [-0.05, 0) is 53.9 Å². The molecule has 3 nitrogen and oxygen atoms in total. The summed E-state index contributed by atoms with van der Waals surface area (Å²) in [6, 6.07) is 10.6. The van der Waals surface area contributed by atoms with E-state index in [9.17, 15) is 10.1 Å². The van der Waals surface area contributed by atoms with Crippen molar-refractivity contribution in [2.45, 2.75) is 58.3 Å². The average molecular weight is 379 g/mol. The molecule has 1 N–H and O–H groups in total. The summed E-state index contributed by atoms with van der Waals surface area (Å²) < 4.78 is 0. The van der Waals surface area contributed by atoms with Gasteiger partial charge in [0.2, 0.25) is 5.91 Å². The summed E-state index contributed by atoms with van der Waals surface area (Å²) in [5.41, 5.74) is 4.18. The lowest BCUT2D eigenvalue weighted by Gasteiger charge is -2.18. The Bertz CT molecular complexity index is 892. The maximum Gasteiger partial charge on any atom is 0.249 e. The second-order valence-corrected chi connectivity index (χ2v) is 9.18. The van der Waals surface area contributed by atoms with Gasteiger partial charge in [0, 0.05) is 11.0 Å². The second kappa shape index (κ2) is 8.10. The molecule has 0 spiro atoms. The topological polar surface area (TPSA) is 52.9 Å². The lowest BCUT2D eigenvalue weighted by molar-refractivity contribution is -0.111. The molecule has 1 aliphatic carbocycles. The van der Waals surface area contributed by atoms with Crippen molar-refractivity contribution >= 4 is 28.3 Å². The Kier molecular flexibility index (Phi) is 5.82. The van der Waals surface area contributed by atoms with Crippen LogP contribution in [-0.4, -0.2) is 5.91 Å². The van der Waals surface area contributed by atoms with Crippen LogP contribution in [0.5, 0.6) is 0 Å². The zero-order valence-corrected chi connectivity index (χ0v) is 17.1. The minimum Gasteiger partial charge on any atom is -0.313 e.